The number of aliphatic carboxylic acids is 1. The quantitative estimate of drug-likeness (QED) is 0.584. The molecule has 0 heterocycles. The van der Waals surface area contributed by atoms with Crippen molar-refractivity contribution in [2.45, 2.75) is 26.2 Å². The summed E-state index contributed by atoms with van der Waals surface area (Å²) >= 11 is 0. The van der Waals surface area contributed by atoms with Crippen molar-refractivity contribution in [2.24, 2.45) is 0 Å². The van der Waals surface area contributed by atoms with Crippen molar-refractivity contribution in [3.8, 4) is 5.75 Å². The third-order valence-electron chi connectivity index (χ3n) is 3.98. The Kier molecular flexibility index (Phi) is 8.02. The Morgan fingerprint density at radius 3 is 2.25 bits per heavy atom. The van der Waals surface area contributed by atoms with Gasteiger partial charge in [-0.2, -0.15) is 0 Å². The molecule has 2 aromatic rings. The van der Waals surface area contributed by atoms with Gasteiger partial charge >= 0.3 is 5.97 Å². The van der Waals surface area contributed by atoms with Gasteiger partial charge in [0.2, 0.25) is 5.91 Å². The predicted octanol–water partition coefficient (Wildman–Crippen LogP) is 2.86. The third kappa shape index (κ3) is 7.11. The predicted molar refractivity (Wildman–Crippen MR) is 106 cm³/mol. The number of rotatable bonds is 10. The Bertz CT molecular complexity index is 801. The lowest BCUT2D eigenvalue weighted by molar-refractivity contribution is -0.136. The highest BCUT2D eigenvalue weighted by Crippen LogP contribution is 2.13. The van der Waals surface area contributed by atoms with Crippen LogP contribution in [0.15, 0.2) is 48.5 Å². The van der Waals surface area contributed by atoms with Crippen LogP contribution in [0.4, 0.5) is 5.69 Å². The maximum absolute atomic E-state index is 12.0. The van der Waals surface area contributed by atoms with E-state index in [1.807, 2.05) is 24.3 Å². The molecular formula is C21H24N2O5. The van der Waals surface area contributed by atoms with Gasteiger partial charge < -0.3 is 20.5 Å². The summed E-state index contributed by atoms with van der Waals surface area (Å²) in [5.74, 6) is -0.797. The van der Waals surface area contributed by atoms with Gasteiger partial charge in [-0.05, 0) is 48.4 Å². The van der Waals surface area contributed by atoms with E-state index in [-0.39, 0.29) is 37.8 Å². The second kappa shape index (κ2) is 10.7. The smallest absolute Gasteiger partial charge is 0.305 e. The first-order valence-corrected chi connectivity index (χ1v) is 9.09. The Hall–Kier alpha value is -3.35. The monoisotopic (exact) mass is 384 g/mol. The fourth-order valence-electron chi connectivity index (χ4n) is 2.40. The van der Waals surface area contributed by atoms with Gasteiger partial charge in [0.1, 0.15) is 5.75 Å². The summed E-state index contributed by atoms with van der Waals surface area (Å²) in [6.07, 6.45) is 1.03. The first kappa shape index (κ1) is 21.0. The number of hydrogen-bond acceptors (Lipinski definition) is 4. The van der Waals surface area contributed by atoms with Crippen molar-refractivity contribution in [3.63, 3.8) is 0 Å². The first-order chi connectivity index (χ1) is 13.5. The van der Waals surface area contributed by atoms with Crippen molar-refractivity contribution in [1.29, 1.82) is 0 Å². The van der Waals surface area contributed by atoms with Crippen molar-refractivity contribution in [2.75, 3.05) is 18.5 Å². The minimum atomic E-state index is -0.972. The van der Waals surface area contributed by atoms with Gasteiger partial charge in [-0.1, -0.05) is 19.1 Å². The van der Waals surface area contributed by atoms with Crippen LogP contribution in [0.2, 0.25) is 0 Å². The molecule has 0 atom stereocenters. The molecule has 0 fully saturated rings. The number of aryl methyl sites for hydroxylation is 1. The summed E-state index contributed by atoms with van der Waals surface area (Å²) < 4.78 is 5.56. The molecule has 2 amide bonds. The number of carbonyl (C=O) groups is 3. The van der Waals surface area contributed by atoms with Gasteiger partial charge in [0.15, 0.2) is 0 Å². The number of nitrogens with one attached hydrogen (secondary N) is 2. The first-order valence-electron chi connectivity index (χ1n) is 9.09. The molecule has 0 aliphatic carbocycles. The lowest BCUT2D eigenvalue weighted by atomic mass is 10.2. The lowest BCUT2D eigenvalue weighted by Crippen LogP contribution is -2.25. The molecule has 7 heteroatoms. The van der Waals surface area contributed by atoms with Gasteiger partial charge in [-0.3, -0.25) is 14.4 Å². The van der Waals surface area contributed by atoms with Crippen LogP contribution >= 0.6 is 0 Å². The van der Waals surface area contributed by atoms with Gasteiger partial charge in [0.25, 0.3) is 5.91 Å². The average Bonchev–Trinajstić information content (AvgIpc) is 2.68. The number of hydrogen-bond donors (Lipinski definition) is 3. The fraction of sp³-hybridized carbons (Fsp3) is 0.286. The minimum Gasteiger partial charge on any atom is -0.493 e. The summed E-state index contributed by atoms with van der Waals surface area (Å²) in [5, 5.41) is 13.8. The molecule has 148 valence electrons. The molecular weight excluding hydrogens is 360 g/mol. The maximum Gasteiger partial charge on any atom is 0.305 e. The molecule has 0 unspecified atom stereocenters. The van der Waals surface area contributed by atoms with E-state index in [0.29, 0.717) is 11.3 Å². The lowest BCUT2D eigenvalue weighted by Gasteiger charge is -2.09. The molecule has 28 heavy (non-hydrogen) atoms. The van der Waals surface area contributed by atoms with E-state index in [9.17, 15) is 14.4 Å². The number of benzene rings is 2. The molecule has 0 radical (unpaired) electrons. The summed E-state index contributed by atoms with van der Waals surface area (Å²) in [4.78, 5) is 34.3. The highest BCUT2D eigenvalue weighted by Gasteiger charge is 2.07. The fourth-order valence-corrected chi connectivity index (χ4v) is 2.40. The SMILES string of the molecule is CCc1ccc(OCCC(=O)Nc2ccc(C(=O)NCCC(=O)O)cc2)cc1. The highest BCUT2D eigenvalue weighted by molar-refractivity contribution is 5.95. The number of carboxylic acids is 1. The minimum absolute atomic E-state index is 0.0633. The average molecular weight is 384 g/mol. The van der Waals surface area contributed by atoms with Gasteiger partial charge in [-0.25, -0.2) is 0 Å². The van der Waals surface area contributed by atoms with Gasteiger partial charge in [-0.15, -0.1) is 0 Å². The number of carbonyl (C=O) groups excluding carboxylic acids is 2. The Labute approximate surface area is 163 Å². The largest absolute Gasteiger partial charge is 0.493 e. The Balaban J connectivity index is 1.74. The molecule has 0 aliphatic heterocycles. The van der Waals surface area contributed by atoms with Crippen molar-refractivity contribution in [1.82, 2.24) is 5.32 Å². The molecule has 2 aromatic carbocycles. The molecule has 3 N–H and O–H groups in total. The zero-order chi connectivity index (χ0) is 20.4. The van der Waals surface area contributed by atoms with E-state index >= 15 is 0 Å². The van der Waals surface area contributed by atoms with Gasteiger partial charge in [0, 0.05) is 17.8 Å². The van der Waals surface area contributed by atoms with Crippen LogP contribution in [0.3, 0.4) is 0 Å². The van der Waals surface area contributed by atoms with Gasteiger partial charge in [0.05, 0.1) is 19.4 Å². The Morgan fingerprint density at radius 2 is 1.64 bits per heavy atom. The highest BCUT2D eigenvalue weighted by atomic mass is 16.5. The molecule has 0 bridgehead atoms. The summed E-state index contributed by atoms with van der Waals surface area (Å²) in [5.41, 5.74) is 2.19. The van der Waals surface area contributed by atoms with E-state index in [4.69, 9.17) is 9.84 Å². The summed E-state index contributed by atoms with van der Waals surface area (Å²) in [6, 6.07) is 14.1. The zero-order valence-corrected chi connectivity index (χ0v) is 15.7. The van der Waals surface area contributed by atoms with E-state index in [1.165, 1.54) is 5.56 Å². The van der Waals surface area contributed by atoms with E-state index in [2.05, 4.69) is 17.6 Å². The summed E-state index contributed by atoms with van der Waals surface area (Å²) in [7, 11) is 0. The van der Waals surface area contributed by atoms with Crippen LogP contribution in [-0.2, 0) is 16.0 Å². The normalized spacial score (nSPS) is 10.2. The molecule has 0 saturated heterocycles. The van der Waals surface area contributed by atoms with Crippen molar-refractivity contribution >= 4 is 23.5 Å². The van der Waals surface area contributed by atoms with Crippen LogP contribution in [0, 0.1) is 0 Å². The van der Waals surface area contributed by atoms with E-state index in [0.717, 1.165) is 12.2 Å². The maximum atomic E-state index is 12.0. The van der Waals surface area contributed by atoms with Crippen LogP contribution in [0.5, 0.6) is 5.75 Å². The van der Waals surface area contributed by atoms with Crippen molar-refractivity contribution in [3.05, 3.63) is 59.7 Å². The second-order valence-electron chi connectivity index (χ2n) is 6.12. The molecule has 0 aliphatic rings. The number of anilines is 1. The number of amides is 2. The molecule has 0 aromatic heterocycles. The van der Waals surface area contributed by atoms with Crippen LogP contribution < -0.4 is 15.4 Å². The zero-order valence-electron chi connectivity index (χ0n) is 15.7. The molecule has 0 saturated carbocycles. The summed E-state index contributed by atoms with van der Waals surface area (Å²) in [6.45, 7) is 2.41. The number of ether oxygens (including phenoxy) is 1. The third-order valence-corrected chi connectivity index (χ3v) is 3.98. The second-order valence-corrected chi connectivity index (χ2v) is 6.12. The molecule has 7 nitrogen and oxygen atoms in total. The van der Waals surface area contributed by atoms with Crippen LogP contribution in [-0.4, -0.2) is 36.0 Å². The van der Waals surface area contributed by atoms with E-state index < -0.39 is 5.97 Å². The van der Waals surface area contributed by atoms with Crippen molar-refractivity contribution < 1.29 is 24.2 Å². The standard InChI is InChI=1S/C21H24N2O5/c1-2-15-3-9-18(10-4-15)28-14-12-19(24)23-17-7-5-16(6-8-17)21(27)22-13-11-20(25)26/h3-10H,2,11-14H2,1H3,(H,22,27)(H,23,24)(H,25,26). The molecule has 0 spiro atoms. The van der Waals surface area contributed by atoms with Crippen LogP contribution in [0.25, 0.3) is 0 Å². The van der Waals surface area contributed by atoms with E-state index in [1.54, 1.807) is 24.3 Å². The molecule has 2 rings (SSSR count). The van der Waals surface area contributed by atoms with Crippen LogP contribution in [0.1, 0.15) is 35.7 Å². The Morgan fingerprint density at radius 1 is 0.964 bits per heavy atom. The number of carboxylic acid groups (broad SMARTS) is 1. The topological polar surface area (TPSA) is 105 Å².